The molecule has 102 valence electrons. The van der Waals surface area contributed by atoms with Gasteiger partial charge in [-0.3, -0.25) is 0 Å². The van der Waals surface area contributed by atoms with Crippen molar-refractivity contribution >= 4 is 11.3 Å². The second-order valence-corrected chi connectivity index (χ2v) is 5.93. The molecule has 0 aliphatic carbocycles. The Balaban J connectivity index is 2.29. The molecule has 19 heavy (non-hydrogen) atoms. The summed E-state index contributed by atoms with van der Waals surface area (Å²) in [6, 6.07) is 9.92. The largest absolute Gasteiger partial charge is 0.312 e. The van der Waals surface area contributed by atoms with E-state index in [0.717, 1.165) is 23.3 Å². The van der Waals surface area contributed by atoms with Gasteiger partial charge in [0.2, 0.25) is 0 Å². The average molecular weight is 277 g/mol. The molecule has 0 spiro atoms. The molecule has 0 radical (unpaired) electrons. The van der Waals surface area contributed by atoms with E-state index in [1.807, 2.05) is 32.2 Å². The number of hydrogen-bond donors (Lipinski definition) is 1. The fraction of sp³-hybridized carbons (Fsp3) is 0.375. The number of nitrogens with one attached hydrogen (secondary N) is 1. The summed E-state index contributed by atoms with van der Waals surface area (Å²) in [5.41, 5.74) is 1.66. The van der Waals surface area contributed by atoms with Gasteiger partial charge in [0.25, 0.3) is 0 Å². The minimum absolute atomic E-state index is 0.134. The van der Waals surface area contributed by atoms with Crippen LogP contribution < -0.4 is 5.32 Å². The molecule has 2 rings (SSSR count). The highest BCUT2D eigenvalue weighted by Gasteiger charge is 2.13. The maximum absolute atomic E-state index is 14.0. The molecule has 1 atom stereocenters. The van der Waals surface area contributed by atoms with E-state index in [1.54, 1.807) is 17.4 Å². The number of hydrogen-bond acceptors (Lipinski definition) is 2. The first-order valence-corrected chi connectivity index (χ1v) is 7.51. The Labute approximate surface area is 118 Å². The normalized spacial score (nSPS) is 12.6. The van der Waals surface area contributed by atoms with E-state index in [1.165, 1.54) is 4.88 Å². The van der Waals surface area contributed by atoms with Crippen molar-refractivity contribution in [3.8, 4) is 10.4 Å². The minimum atomic E-state index is -0.134. The molecule has 0 bridgehead atoms. The molecule has 1 unspecified atom stereocenters. The maximum Gasteiger partial charge on any atom is 0.132 e. The van der Waals surface area contributed by atoms with Crippen LogP contribution in [0.1, 0.15) is 36.2 Å². The topological polar surface area (TPSA) is 12.0 Å². The summed E-state index contributed by atoms with van der Waals surface area (Å²) >= 11 is 1.68. The Morgan fingerprint density at radius 1 is 1.26 bits per heavy atom. The summed E-state index contributed by atoms with van der Waals surface area (Å²) in [5, 5.41) is 3.32. The zero-order valence-electron chi connectivity index (χ0n) is 11.7. The zero-order valence-corrected chi connectivity index (χ0v) is 12.5. The highest BCUT2D eigenvalue weighted by Crippen LogP contribution is 2.34. The lowest BCUT2D eigenvalue weighted by atomic mass is 10.1. The third kappa shape index (κ3) is 3.23. The van der Waals surface area contributed by atoms with Crippen LogP contribution in [0.5, 0.6) is 0 Å². The lowest BCUT2D eigenvalue weighted by Crippen LogP contribution is -2.14. The molecular weight excluding hydrogens is 257 g/mol. The molecule has 1 aromatic heterocycles. The summed E-state index contributed by atoms with van der Waals surface area (Å²) in [5.74, 6) is -0.134. The van der Waals surface area contributed by atoms with E-state index in [0.29, 0.717) is 11.6 Å². The van der Waals surface area contributed by atoms with Crippen LogP contribution in [0, 0.1) is 12.7 Å². The fourth-order valence-electron chi connectivity index (χ4n) is 2.22. The second-order valence-electron chi connectivity index (χ2n) is 4.82. The lowest BCUT2D eigenvalue weighted by molar-refractivity contribution is 0.550. The van der Waals surface area contributed by atoms with E-state index < -0.39 is 0 Å². The van der Waals surface area contributed by atoms with Crippen LogP contribution in [0.2, 0.25) is 0 Å². The van der Waals surface area contributed by atoms with Crippen LogP contribution in [0.15, 0.2) is 30.3 Å². The molecule has 1 aromatic carbocycles. The lowest BCUT2D eigenvalue weighted by Gasteiger charge is -2.12. The molecule has 0 saturated carbocycles. The van der Waals surface area contributed by atoms with Crippen LogP contribution in [0.25, 0.3) is 10.4 Å². The minimum Gasteiger partial charge on any atom is -0.312 e. The first kappa shape index (κ1) is 14.2. The van der Waals surface area contributed by atoms with E-state index in [2.05, 4.69) is 18.3 Å². The van der Waals surface area contributed by atoms with Gasteiger partial charge in [0.05, 0.1) is 0 Å². The Hall–Kier alpha value is -1.19. The first-order chi connectivity index (χ1) is 9.15. The third-order valence-electron chi connectivity index (χ3n) is 3.29. The molecule has 2 aromatic rings. The van der Waals surface area contributed by atoms with Gasteiger partial charge in [-0.2, -0.15) is 0 Å². The molecule has 0 amide bonds. The van der Waals surface area contributed by atoms with Crippen molar-refractivity contribution < 1.29 is 4.39 Å². The van der Waals surface area contributed by atoms with Gasteiger partial charge in [0.15, 0.2) is 0 Å². The van der Waals surface area contributed by atoms with Crippen molar-refractivity contribution in [2.24, 2.45) is 0 Å². The Morgan fingerprint density at radius 2 is 2.05 bits per heavy atom. The Kier molecular flexibility index (Phi) is 4.72. The molecule has 3 heteroatoms. The van der Waals surface area contributed by atoms with E-state index in [4.69, 9.17) is 0 Å². The van der Waals surface area contributed by atoms with Gasteiger partial charge >= 0.3 is 0 Å². The van der Waals surface area contributed by atoms with E-state index in [9.17, 15) is 4.39 Å². The number of thiophene rings is 1. The van der Waals surface area contributed by atoms with Gasteiger partial charge in [-0.05, 0) is 44.2 Å². The summed E-state index contributed by atoms with van der Waals surface area (Å²) in [6.07, 6.45) is 2.24. The second kappa shape index (κ2) is 6.31. The molecule has 0 aliphatic heterocycles. The summed E-state index contributed by atoms with van der Waals surface area (Å²) in [7, 11) is 1.98. The monoisotopic (exact) mass is 277 g/mol. The average Bonchev–Trinajstić information content (AvgIpc) is 2.85. The molecule has 1 N–H and O–H groups in total. The quantitative estimate of drug-likeness (QED) is 0.817. The predicted octanol–water partition coefficient (Wildman–Crippen LogP) is 4.92. The highest BCUT2D eigenvalue weighted by atomic mass is 32.1. The van der Waals surface area contributed by atoms with E-state index in [-0.39, 0.29) is 5.82 Å². The molecule has 1 nitrogen and oxygen atoms in total. The van der Waals surface area contributed by atoms with Gasteiger partial charge in [-0.1, -0.05) is 25.5 Å². The van der Waals surface area contributed by atoms with Crippen molar-refractivity contribution in [3.63, 3.8) is 0 Å². The molecule has 0 aliphatic rings. The maximum atomic E-state index is 14.0. The third-order valence-corrected chi connectivity index (χ3v) is 4.52. The van der Waals surface area contributed by atoms with Crippen molar-refractivity contribution in [1.82, 2.24) is 5.32 Å². The van der Waals surface area contributed by atoms with Gasteiger partial charge in [0, 0.05) is 21.4 Å². The number of halogens is 1. The highest BCUT2D eigenvalue weighted by molar-refractivity contribution is 7.15. The van der Waals surface area contributed by atoms with Crippen molar-refractivity contribution in [2.75, 3.05) is 7.05 Å². The van der Waals surface area contributed by atoms with Gasteiger partial charge < -0.3 is 5.32 Å². The van der Waals surface area contributed by atoms with Crippen LogP contribution in [0.3, 0.4) is 0 Å². The molecule has 0 fully saturated rings. The van der Waals surface area contributed by atoms with Gasteiger partial charge in [-0.15, -0.1) is 11.3 Å². The molecular formula is C16H20FNS. The SMILES string of the molecule is CCCC(NC)c1ccc(-c2ccc(C)cc2F)s1. The van der Waals surface area contributed by atoms with Gasteiger partial charge in [0.1, 0.15) is 5.82 Å². The standard InChI is InChI=1S/C16H20FNS/c1-4-5-14(18-3)16-9-8-15(19-16)12-7-6-11(2)10-13(12)17/h6-10,14,18H,4-5H2,1-3H3. The molecule has 0 saturated heterocycles. The summed E-state index contributed by atoms with van der Waals surface area (Å²) in [4.78, 5) is 2.28. The summed E-state index contributed by atoms with van der Waals surface area (Å²) < 4.78 is 14.0. The smallest absolute Gasteiger partial charge is 0.132 e. The van der Waals surface area contributed by atoms with Crippen LogP contribution in [-0.2, 0) is 0 Å². The van der Waals surface area contributed by atoms with Crippen LogP contribution >= 0.6 is 11.3 Å². The van der Waals surface area contributed by atoms with Crippen molar-refractivity contribution in [1.29, 1.82) is 0 Å². The predicted molar refractivity (Wildman–Crippen MR) is 81.2 cm³/mol. The zero-order chi connectivity index (χ0) is 13.8. The number of aryl methyl sites for hydroxylation is 1. The first-order valence-electron chi connectivity index (χ1n) is 6.69. The van der Waals surface area contributed by atoms with Crippen LogP contribution in [-0.4, -0.2) is 7.05 Å². The van der Waals surface area contributed by atoms with Gasteiger partial charge in [-0.25, -0.2) is 4.39 Å². The number of benzene rings is 1. The Bertz CT molecular complexity index is 547. The fourth-order valence-corrected chi connectivity index (χ4v) is 3.40. The van der Waals surface area contributed by atoms with Crippen molar-refractivity contribution in [3.05, 3.63) is 46.6 Å². The molecule has 1 heterocycles. The summed E-state index contributed by atoms with van der Waals surface area (Å²) in [6.45, 7) is 4.09. The van der Waals surface area contributed by atoms with E-state index >= 15 is 0 Å². The van der Waals surface area contributed by atoms with Crippen LogP contribution in [0.4, 0.5) is 4.39 Å². The Morgan fingerprint density at radius 3 is 2.68 bits per heavy atom. The number of rotatable bonds is 5. The van der Waals surface area contributed by atoms with Crippen molar-refractivity contribution in [2.45, 2.75) is 32.7 Å².